The van der Waals surface area contributed by atoms with Gasteiger partial charge in [-0.1, -0.05) is 70.5 Å². The molecule has 4 amide bonds. The van der Waals surface area contributed by atoms with E-state index in [-0.39, 0.29) is 26.0 Å². The highest BCUT2D eigenvalue weighted by atomic mass is 32.2. The zero-order valence-corrected chi connectivity index (χ0v) is 33.3. The molecule has 2 heterocycles. The molecule has 56 heavy (non-hydrogen) atoms. The quantitative estimate of drug-likeness (QED) is 0.139. The maximum absolute atomic E-state index is 14.7. The Morgan fingerprint density at radius 3 is 2.45 bits per heavy atom. The molecule has 6 rings (SSSR count). The number of sulfonamides is 1. The van der Waals surface area contributed by atoms with Gasteiger partial charge in [-0.2, -0.15) is 0 Å². The number of pyridine rings is 1. The lowest BCUT2D eigenvalue weighted by molar-refractivity contribution is -0.141. The third-order valence-electron chi connectivity index (χ3n) is 10.6. The molecule has 14 nitrogen and oxygen atoms in total. The molecule has 300 valence electrons. The molecule has 2 aliphatic carbocycles. The van der Waals surface area contributed by atoms with Crippen LogP contribution in [0.2, 0.25) is 0 Å². The number of unbranched alkanes of at least 4 members (excludes halogenated alkanes) is 1. The monoisotopic (exact) mass is 789 g/mol. The van der Waals surface area contributed by atoms with E-state index in [1.165, 1.54) is 11.0 Å². The number of nitrogens with zero attached hydrogens (tertiary/aromatic N) is 2. The van der Waals surface area contributed by atoms with Crippen LogP contribution < -0.4 is 24.8 Å². The van der Waals surface area contributed by atoms with E-state index in [2.05, 4.69) is 21.9 Å². The number of fused-ring (bicyclic) bond motifs is 1. The van der Waals surface area contributed by atoms with E-state index < -0.39 is 74.1 Å². The highest BCUT2D eigenvalue weighted by Gasteiger charge is 2.61. The summed E-state index contributed by atoms with van der Waals surface area (Å²) in [6, 6.07) is 15.6. The fourth-order valence-electron chi connectivity index (χ4n) is 6.96. The third kappa shape index (κ3) is 8.77. The van der Waals surface area contributed by atoms with Gasteiger partial charge in [-0.05, 0) is 43.2 Å². The van der Waals surface area contributed by atoms with Gasteiger partial charge in [0.15, 0.2) is 6.23 Å². The maximum Gasteiger partial charge on any atom is 0.407 e. The normalized spacial score (nSPS) is 22.4. The predicted octanol–water partition coefficient (Wildman–Crippen LogP) is 5.07. The third-order valence-corrected chi connectivity index (χ3v) is 12.4. The standard InChI is InChI=1S/C41H51N5O9S/c1-7-9-19-54-39(50)43-35(40(3,4)5)37(48)46-24-26(36(47)44-41(23-27(41)8-2)38(49)45-56(51,52)29-16-17-29)20-34(46)55-33-22-31(25-13-11-10-12-14-25)42-32-21-28(53-6)15-18-30(32)33/h8,10-15,18,21-22,26-27,29,34-35H,2,7,9,16-17,19-20,23-24H2,1,3-6H3,(H,43,50)(H,44,47)(H,45,49)/t26-,27-,34+,35-,41-/m1/s1. The van der Waals surface area contributed by atoms with Crippen LogP contribution in [0.25, 0.3) is 22.2 Å². The van der Waals surface area contributed by atoms with Crippen molar-refractivity contribution in [3.63, 3.8) is 0 Å². The Bertz CT molecular complexity index is 2100. The van der Waals surface area contributed by atoms with Crippen LogP contribution in [-0.2, 0) is 29.1 Å². The van der Waals surface area contributed by atoms with Crippen molar-refractivity contribution in [2.75, 3.05) is 20.3 Å². The summed E-state index contributed by atoms with van der Waals surface area (Å²) >= 11 is 0. The number of hydrogen-bond acceptors (Lipinski definition) is 10. The lowest BCUT2D eigenvalue weighted by Gasteiger charge is -2.35. The Morgan fingerprint density at radius 1 is 1.09 bits per heavy atom. The average Bonchev–Trinajstić information content (AvgIpc) is 4.10. The van der Waals surface area contributed by atoms with E-state index in [9.17, 15) is 27.6 Å². The molecule has 1 aromatic heterocycles. The molecule has 3 N–H and O–H groups in total. The number of carbonyl (C=O) groups is 4. The number of benzene rings is 2. The number of hydrogen-bond donors (Lipinski definition) is 3. The minimum absolute atomic E-state index is 0.0207. The summed E-state index contributed by atoms with van der Waals surface area (Å²) in [5.41, 5.74) is -0.281. The molecule has 3 fully saturated rings. The topological polar surface area (TPSA) is 182 Å². The minimum Gasteiger partial charge on any atom is -0.497 e. The van der Waals surface area contributed by atoms with Crippen LogP contribution in [0, 0.1) is 17.3 Å². The largest absolute Gasteiger partial charge is 0.497 e. The number of rotatable bonds is 15. The van der Waals surface area contributed by atoms with Crippen LogP contribution in [0.15, 0.2) is 67.3 Å². The predicted molar refractivity (Wildman–Crippen MR) is 210 cm³/mol. The van der Waals surface area contributed by atoms with Crippen molar-refractivity contribution in [1.82, 2.24) is 25.2 Å². The second-order valence-electron chi connectivity index (χ2n) is 15.9. The summed E-state index contributed by atoms with van der Waals surface area (Å²) in [6.45, 7) is 11.3. The molecule has 1 aliphatic heterocycles. The van der Waals surface area contributed by atoms with Crippen LogP contribution in [0.5, 0.6) is 11.5 Å². The van der Waals surface area contributed by atoms with Crippen LogP contribution in [0.3, 0.4) is 0 Å². The van der Waals surface area contributed by atoms with Gasteiger partial charge in [0.25, 0.3) is 5.91 Å². The molecule has 0 radical (unpaired) electrons. The fraction of sp³-hybridized carbons (Fsp3) is 0.488. The molecule has 0 unspecified atom stereocenters. The van der Waals surface area contributed by atoms with Crippen LogP contribution in [0.4, 0.5) is 4.79 Å². The van der Waals surface area contributed by atoms with Crippen molar-refractivity contribution in [3.8, 4) is 22.8 Å². The Morgan fingerprint density at radius 2 is 1.82 bits per heavy atom. The van der Waals surface area contributed by atoms with Gasteiger partial charge >= 0.3 is 6.09 Å². The first-order chi connectivity index (χ1) is 26.6. The van der Waals surface area contributed by atoms with Gasteiger partial charge in [0.1, 0.15) is 23.1 Å². The number of ether oxygens (including phenoxy) is 3. The van der Waals surface area contributed by atoms with Gasteiger partial charge in [-0.15, -0.1) is 6.58 Å². The summed E-state index contributed by atoms with van der Waals surface area (Å²) in [6.07, 6.45) is 2.39. The minimum atomic E-state index is -3.88. The van der Waals surface area contributed by atoms with Gasteiger partial charge in [0.2, 0.25) is 21.8 Å². The summed E-state index contributed by atoms with van der Waals surface area (Å²) in [4.78, 5) is 61.6. The smallest absolute Gasteiger partial charge is 0.407 e. The molecule has 0 bridgehead atoms. The number of methoxy groups -OCH3 is 1. The highest BCUT2D eigenvalue weighted by molar-refractivity contribution is 7.91. The van der Waals surface area contributed by atoms with Crippen molar-refractivity contribution in [1.29, 1.82) is 0 Å². The van der Waals surface area contributed by atoms with Gasteiger partial charge < -0.3 is 29.7 Å². The van der Waals surface area contributed by atoms with E-state index in [0.717, 1.165) is 12.0 Å². The van der Waals surface area contributed by atoms with Crippen molar-refractivity contribution >= 4 is 44.7 Å². The summed E-state index contributed by atoms with van der Waals surface area (Å²) in [5, 5.41) is 5.59. The number of amides is 4. The van der Waals surface area contributed by atoms with E-state index in [4.69, 9.17) is 19.2 Å². The number of carbonyl (C=O) groups excluding carboxylic acids is 4. The van der Waals surface area contributed by atoms with E-state index in [0.29, 0.717) is 47.4 Å². The van der Waals surface area contributed by atoms with E-state index in [1.807, 2.05) is 64.1 Å². The Labute approximate surface area is 327 Å². The Balaban J connectivity index is 1.34. The van der Waals surface area contributed by atoms with E-state index in [1.54, 1.807) is 25.3 Å². The number of alkyl carbamates (subject to hydrolysis) is 1. The number of likely N-dealkylation sites (tertiary alicyclic amines) is 1. The zero-order valence-electron chi connectivity index (χ0n) is 32.5. The Kier molecular flexibility index (Phi) is 11.7. The molecular formula is C41H51N5O9S. The SMILES string of the molecule is C=C[C@@H]1C[C@]1(NC(=O)[C@@H]1C[C@H](Oc2cc(-c3ccccc3)nc3cc(OC)ccc23)N(C(=O)[C@@H](NC(=O)OCCCC)C(C)(C)C)C1)C(=O)NS(=O)(=O)C1CC1. The summed E-state index contributed by atoms with van der Waals surface area (Å²) in [7, 11) is -2.32. The molecule has 2 saturated carbocycles. The van der Waals surface area contributed by atoms with E-state index >= 15 is 0 Å². The number of aromatic nitrogens is 1. The Hall–Kier alpha value is -5.18. The molecular weight excluding hydrogens is 739 g/mol. The number of nitrogens with one attached hydrogen (secondary N) is 3. The van der Waals surface area contributed by atoms with Crippen molar-refractivity contribution in [3.05, 3.63) is 67.3 Å². The first-order valence-electron chi connectivity index (χ1n) is 19.1. The second kappa shape index (κ2) is 16.1. The lowest BCUT2D eigenvalue weighted by Crippen LogP contribution is -2.57. The molecule has 0 spiro atoms. The molecule has 1 saturated heterocycles. The summed E-state index contributed by atoms with van der Waals surface area (Å²) < 4.78 is 45.2. The zero-order chi connectivity index (χ0) is 40.4. The summed E-state index contributed by atoms with van der Waals surface area (Å²) in [5.74, 6) is -2.24. The molecule has 2 aromatic carbocycles. The molecule has 3 aliphatic rings. The van der Waals surface area contributed by atoms with Crippen molar-refractivity contribution < 1.29 is 41.8 Å². The molecule has 5 atom stereocenters. The van der Waals surface area contributed by atoms with Gasteiger partial charge in [0.05, 0.1) is 36.1 Å². The molecule has 3 aromatic rings. The fourth-order valence-corrected chi connectivity index (χ4v) is 8.32. The van der Waals surface area contributed by atoms with Gasteiger partial charge in [-0.25, -0.2) is 18.2 Å². The van der Waals surface area contributed by atoms with Crippen LogP contribution in [0.1, 0.15) is 66.2 Å². The first-order valence-corrected chi connectivity index (χ1v) is 20.6. The van der Waals surface area contributed by atoms with Gasteiger partial charge in [-0.3, -0.25) is 19.1 Å². The van der Waals surface area contributed by atoms with Crippen molar-refractivity contribution in [2.24, 2.45) is 17.3 Å². The van der Waals surface area contributed by atoms with Crippen molar-refractivity contribution in [2.45, 2.75) is 89.3 Å². The van der Waals surface area contributed by atoms with Crippen LogP contribution >= 0.6 is 0 Å². The maximum atomic E-state index is 14.7. The second-order valence-corrected chi connectivity index (χ2v) is 17.8. The lowest BCUT2D eigenvalue weighted by atomic mass is 9.86. The van der Waals surface area contributed by atoms with Crippen LogP contribution in [-0.4, -0.2) is 85.4 Å². The average molecular weight is 790 g/mol. The molecule has 15 heteroatoms. The highest BCUT2D eigenvalue weighted by Crippen LogP contribution is 2.46. The van der Waals surface area contributed by atoms with Gasteiger partial charge in [0, 0.05) is 42.0 Å². The first kappa shape index (κ1) is 40.5.